The molecule has 0 bridgehead atoms. The van der Waals surface area contributed by atoms with Crippen molar-refractivity contribution in [3.63, 3.8) is 0 Å². The van der Waals surface area contributed by atoms with Gasteiger partial charge in [-0.05, 0) is 57.5 Å². The van der Waals surface area contributed by atoms with E-state index >= 15 is 0 Å². The van der Waals surface area contributed by atoms with Gasteiger partial charge in [-0.2, -0.15) is 8.42 Å². The molecule has 0 aliphatic carbocycles. The van der Waals surface area contributed by atoms with Gasteiger partial charge >= 0.3 is 12.1 Å². The van der Waals surface area contributed by atoms with E-state index < -0.39 is 33.7 Å². The van der Waals surface area contributed by atoms with Gasteiger partial charge in [0.2, 0.25) is 0 Å². The van der Waals surface area contributed by atoms with Crippen LogP contribution in [-0.2, 0) is 30.7 Å². The lowest BCUT2D eigenvalue weighted by atomic mass is 10.1. The number of hydrogen-bond acceptors (Lipinski definition) is 7. The maximum Gasteiger partial charge on any atom is 0.408 e. The lowest BCUT2D eigenvalue weighted by Crippen LogP contribution is -2.45. The number of nitrogens with zero attached hydrogens (tertiary/aromatic N) is 2. The van der Waals surface area contributed by atoms with E-state index in [0.29, 0.717) is 11.3 Å². The third-order valence-corrected chi connectivity index (χ3v) is 5.30. The molecule has 0 fully saturated rings. The molecule has 0 radical (unpaired) electrons. The smallest absolute Gasteiger partial charge is 0.408 e. The molecular formula is C22H27N3O6S. The standard InChI is InChI=1S/C22H27N3O6S/c1-15-6-12-18(13-7-15)32(28,29)25-24-17-10-8-16(9-11-17)14-19(20(26)30-5)23-21(27)31-22(2,3)4/h6-13,19H,14H2,1-5H3,(H,23,27)/t19-/m0/s1. The Balaban J connectivity index is 2.09. The van der Waals surface area contributed by atoms with Crippen molar-refractivity contribution < 1.29 is 27.5 Å². The van der Waals surface area contributed by atoms with Crippen LogP contribution in [0.15, 0.2) is 63.1 Å². The number of hydrogen-bond donors (Lipinski definition) is 1. The zero-order valence-corrected chi connectivity index (χ0v) is 19.5. The molecule has 2 rings (SSSR count). The van der Waals surface area contributed by atoms with E-state index in [1.807, 2.05) is 6.92 Å². The van der Waals surface area contributed by atoms with Crippen molar-refractivity contribution in [1.29, 1.82) is 0 Å². The largest absolute Gasteiger partial charge is 0.467 e. The molecular weight excluding hydrogens is 434 g/mol. The van der Waals surface area contributed by atoms with Gasteiger partial charge in [0.15, 0.2) is 0 Å². The van der Waals surface area contributed by atoms with E-state index in [9.17, 15) is 18.0 Å². The Hall–Kier alpha value is -3.27. The van der Waals surface area contributed by atoms with E-state index in [-0.39, 0.29) is 11.3 Å². The van der Waals surface area contributed by atoms with E-state index in [0.717, 1.165) is 5.56 Å². The number of amides is 1. The first-order chi connectivity index (χ1) is 14.9. The van der Waals surface area contributed by atoms with Crippen LogP contribution in [0.5, 0.6) is 0 Å². The third kappa shape index (κ3) is 7.77. The number of sulfonamides is 1. The van der Waals surface area contributed by atoms with Crippen LogP contribution in [0.3, 0.4) is 0 Å². The zero-order valence-electron chi connectivity index (χ0n) is 18.7. The Morgan fingerprint density at radius 2 is 1.62 bits per heavy atom. The van der Waals surface area contributed by atoms with Gasteiger partial charge in [-0.25, -0.2) is 9.59 Å². The molecule has 9 nitrogen and oxygen atoms in total. The Kier molecular flexibility index (Phi) is 8.09. The summed E-state index contributed by atoms with van der Waals surface area (Å²) in [6.07, 6.45) is -0.593. The number of ether oxygens (including phenoxy) is 2. The lowest BCUT2D eigenvalue weighted by molar-refractivity contribution is -0.143. The number of aryl methyl sites for hydroxylation is 1. The Morgan fingerprint density at radius 1 is 1.03 bits per heavy atom. The average Bonchev–Trinajstić information content (AvgIpc) is 2.71. The minimum atomic E-state index is -3.91. The van der Waals surface area contributed by atoms with Crippen LogP contribution in [-0.4, -0.2) is 39.2 Å². The molecule has 1 amide bonds. The van der Waals surface area contributed by atoms with Gasteiger partial charge < -0.3 is 14.8 Å². The second kappa shape index (κ2) is 10.4. The summed E-state index contributed by atoms with van der Waals surface area (Å²) in [5.74, 6) is -0.621. The van der Waals surface area contributed by atoms with Crippen LogP contribution in [0.2, 0.25) is 0 Å². The first-order valence-electron chi connectivity index (χ1n) is 9.80. The van der Waals surface area contributed by atoms with Gasteiger partial charge in [0.1, 0.15) is 11.6 Å². The molecule has 10 heteroatoms. The number of alkyl carbamates (subject to hydrolysis) is 1. The number of esters is 1. The molecule has 1 atom stereocenters. The van der Waals surface area contributed by atoms with Gasteiger partial charge in [0.25, 0.3) is 10.0 Å². The maximum absolute atomic E-state index is 12.3. The molecule has 2 aromatic carbocycles. The fourth-order valence-corrected chi connectivity index (χ4v) is 3.35. The molecule has 0 aromatic heterocycles. The molecule has 0 saturated heterocycles. The van der Waals surface area contributed by atoms with E-state index in [4.69, 9.17) is 9.47 Å². The normalized spacial score (nSPS) is 12.9. The molecule has 1 N–H and O–H groups in total. The maximum atomic E-state index is 12.3. The highest BCUT2D eigenvalue weighted by Gasteiger charge is 2.25. The van der Waals surface area contributed by atoms with Gasteiger partial charge in [-0.3, -0.25) is 0 Å². The van der Waals surface area contributed by atoms with Crippen LogP contribution in [0.4, 0.5) is 10.5 Å². The number of methoxy groups -OCH3 is 1. The summed E-state index contributed by atoms with van der Waals surface area (Å²) < 4.78 is 38.0. The highest BCUT2D eigenvalue weighted by molar-refractivity contribution is 7.90. The number of carbonyl (C=O) groups excluding carboxylic acids is 2. The number of rotatable bonds is 7. The van der Waals surface area contributed by atoms with E-state index in [1.165, 1.54) is 19.2 Å². The summed E-state index contributed by atoms with van der Waals surface area (Å²) >= 11 is 0. The number of carbonyl (C=O) groups is 2. The Bertz CT molecular complexity index is 1070. The average molecular weight is 462 g/mol. The SMILES string of the molecule is COC(=O)[C@H](Cc1ccc(N=NS(=O)(=O)c2ccc(C)cc2)cc1)NC(=O)OC(C)(C)C. The predicted molar refractivity (Wildman–Crippen MR) is 118 cm³/mol. The molecule has 2 aromatic rings. The molecule has 0 aliphatic rings. The van der Waals surface area contributed by atoms with Gasteiger partial charge in [-0.15, -0.1) is 5.11 Å². The van der Waals surface area contributed by atoms with E-state index in [1.54, 1.807) is 57.2 Å². The topological polar surface area (TPSA) is 123 Å². The van der Waals surface area contributed by atoms with Crippen molar-refractivity contribution in [2.24, 2.45) is 9.63 Å². The molecule has 0 spiro atoms. The van der Waals surface area contributed by atoms with Crippen LogP contribution in [0.1, 0.15) is 31.9 Å². The number of nitrogens with one attached hydrogen (secondary N) is 1. The minimum absolute atomic E-state index is 0.0533. The monoisotopic (exact) mass is 461 g/mol. The molecule has 0 saturated carbocycles. The lowest BCUT2D eigenvalue weighted by Gasteiger charge is -2.22. The zero-order chi connectivity index (χ0) is 23.9. The second-order valence-corrected chi connectivity index (χ2v) is 9.65. The van der Waals surface area contributed by atoms with Crippen molar-refractivity contribution in [2.75, 3.05) is 7.11 Å². The summed E-state index contributed by atoms with van der Waals surface area (Å²) in [6, 6.07) is 11.8. The van der Waals surface area contributed by atoms with Crippen LogP contribution < -0.4 is 5.32 Å². The predicted octanol–water partition coefficient (Wildman–Crippen LogP) is 4.08. The van der Waals surface area contributed by atoms with Gasteiger partial charge in [-0.1, -0.05) is 34.3 Å². The van der Waals surface area contributed by atoms with Crippen molar-refractivity contribution in [2.45, 2.75) is 50.7 Å². The van der Waals surface area contributed by atoms with Gasteiger partial charge in [0, 0.05) is 6.42 Å². The van der Waals surface area contributed by atoms with Crippen LogP contribution >= 0.6 is 0 Å². The van der Waals surface area contributed by atoms with Crippen LogP contribution in [0, 0.1) is 6.92 Å². The Morgan fingerprint density at radius 3 is 2.16 bits per heavy atom. The molecule has 0 heterocycles. The third-order valence-electron chi connectivity index (χ3n) is 4.14. The minimum Gasteiger partial charge on any atom is -0.467 e. The highest BCUT2D eigenvalue weighted by atomic mass is 32.2. The second-order valence-electron chi connectivity index (χ2n) is 8.06. The molecule has 0 aliphatic heterocycles. The van der Waals surface area contributed by atoms with E-state index in [2.05, 4.69) is 15.0 Å². The first kappa shape index (κ1) is 25.0. The highest BCUT2D eigenvalue weighted by Crippen LogP contribution is 2.19. The van der Waals surface area contributed by atoms with Gasteiger partial charge in [0.05, 0.1) is 17.7 Å². The number of benzene rings is 2. The molecule has 172 valence electrons. The van der Waals surface area contributed by atoms with Crippen molar-refractivity contribution in [3.05, 3.63) is 59.7 Å². The fraction of sp³-hybridized carbons (Fsp3) is 0.364. The molecule has 0 unspecified atom stereocenters. The molecule has 32 heavy (non-hydrogen) atoms. The van der Waals surface area contributed by atoms with Crippen molar-refractivity contribution >= 4 is 27.8 Å². The van der Waals surface area contributed by atoms with Crippen molar-refractivity contribution in [1.82, 2.24) is 5.32 Å². The van der Waals surface area contributed by atoms with Crippen LogP contribution in [0.25, 0.3) is 0 Å². The summed E-state index contributed by atoms with van der Waals surface area (Å²) in [4.78, 5) is 24.1. The fourth-order valence-electron chi connectivity index (χ4n) is 2.58. The first-order valence-corrected chi connectivity index (χ1v) is 11.2. The summed E-state index contributed by atoms with van der Waals surface area (Å²) in [5, 5.41) is 6.29. The quantitative estimate of drug-likeness (QED) is 0.489. The summed E-state index contributed by atoms with van der Waals surface area (Å²) in [6.45, 7) is 7.00. The van der Waals surface area contributed by atoms with Crippen molar-refractivity contribution in [3.8, 4) is 0 Å². The summed E-state index contributed by atoms with van der Waals surface area (Å²) in [7, 11) is -2.69. The summed E-state index contributed by atoms with van der Waals surface area (Å²) in [5.41, 5.74) is 1.23. The Labute approximate surface area is 187 Å².